The Kier molecular flexibility index (Phi) is 6.00. The molecule has 6 aromatic rings. The number of fused-ring (bicyclic) bond motifs is 3. The highest BCUT2D eigenvalue weighted by Crippen LogP contribution is 2.39. The van der Waals surface area contributed by atoms with Crippen LogP contribution in [0.1, 0.15) is 0 Å². The number of hydrogen-bond donors (Lipinski definition) is 0. The van der Waals surface area contributed by atoms with E-state index in [0.717, 1.165) is 33.1 Å². The third-order valence-corrected chi connectivity index (χ3v) is 8.76. The Morgan fingerprint density at radius 1 is 0.514 bits per heavy atom. The molecule has 0 aliphatic rings. The molecule has 0 unspecified atom stereocenters. The summed E-state index contributed by atoms with van der Waals surface area (Å²) in [6, 6.07) is 42.3. The summed E-state index contributed by atoms with van der Waals surface area (Å²) in [6.45, 7) is 3.61. The van der Waals surface area contributed by atoms with Crippen LogP contribution in [0.4, 0.5) is 0 Å². The molecule has 0 aliphatic carbocycles. The molecule has 6 rings (SSSR count). The smallest absolute Gasteiger partial charge is 0.109 e. The maximum absolute atomic E-state index is 12.4. The van der Waals surface area contributed by atoms with Crippen molar-refractivity contribution in [3.05, 3.63) is 126 Å². The van der Waals surface area contributed by atoms with E-state index in [0.29, 0.717) is 5.02 Å². The first-order valence-electron chi connectivity index (χ1n) is 12.3. The van der Waals surface area contributed by atoms with Crippen molar-refractivity contribution in [3.63, 3.8) is 0 Å². The highest BCUT2D eigenvalue weighted by Gasteiger charge is 2.13. The molecular weight excluding hydrogens is 491 g/mol. The molecule has 0 amide bonds. The van der Waals surface area contributed by atoms with Crippen molar-refractivity contribution >= 4 is 45.6 Å². The Bertz CT molecular complexity index is 1830. The van der Waals surface area contributed by atoms with Gasteiger partial charge in [-0.3, -0.25) is 0 Å². The van der Waals surface area contributed by atoms with E-state index in [1.807, 2.05) is 18.2 Å². The van der Waals surface area contributed by atoms with Crippen molar-refractivity contribution in [1.29, 1.82) is 0 Å². The fourth-order valence-corrected chi connectivity index (χ4v) is 6.20. The summed E-state index contributed by atoms with van der Waals surface area (Å²) in [4.78, 5) is 0. The van der Waals surface area contributed by atoms with Crippen LogP contribution >= 0.6 is 18.7 Å². The van der Waals surface area contributed by atoms with E-state index in [1.165, 1.54) is 27.1 Å². The Balaban J connectivity index is 1.47. The van der Waals surface area contributed by atoms with Gasteiger partial charge in [0.15, 0.2) is 0 Å². The molecular formula is C34H26ClOP. The molecule has 0 atom stereocenters. The lowest BCUT2D eigenvalue weighted by molar-refractivity contribution is 0.588. The molecule has 180 valence electrons. The second kappa shape index (κ2) is 9.34. The van der Waals surface area contributed by atoms with Crippen LogP contribution in [0.3, 0.4) is 0 Å². The highest BCUT2D eigenvalue weighted by atomic mass is 35.5. The summed E-state index contributed by atoms with van der Waals surface area (Å²) in [6.07, 6.45) is 0. The summed E-state index contributed by atoms with van der Waals surface area (Å²) < 4.78 is 12.4. The van der Waals surface area contributed by atoms with Gasteiger partial charge in [-0.1, -0.05) is 103 Å². The molecule has 0 N–H and O–H groups in total. The zero-order chi connectivity index (χ0) is 25.6. The van der Waals surface area contributed by atoms with Crippen LogP contribution in [0.15, 0.2) is 121 Å². The summed E-state index contributed by atoms with van der Waals surface area (Å²) >= 11 is 6.71. The lowest BCUT2D eigenvalue weighted by atomic mass is 9.91. The minimum Gasteiger partial charge on any atom is -0.319 e. The van der Waals surface area contributed by atoms with E-state index in [2.05, 4.69) is 103 Å². The third kappa shape index (κ3) is 4.62. The third-order valence-electron chi connectivity index (χ3n) is 7.00. The summed E-state index contributed by atoms with van der Waals surface area (Å²) in [5.74, 6) is 0. The van der Waals surface area contributed by atoms with Crippen LogP contribution in [-0.2, 0) is 4.57 Å². The first-order valence-corrected chi connectivity index (χ1v) is 15.3. The van der Waals surface area contributed by atoms with Crippen LogP contribution in [-0.4, -0.2) is 13.3 Å². The molecule has 0 aromatic heterocycles. The molecule has 0 saturated heterocycles. The average Bonchev–Trinajstić information content (AvgIpc) is 2.92. The molecule has 6 aromatic carbocycles. The van der Waals surface area contributed by atoms with Gasteiger partial charge in [-0.05, 0) is 98.6 Å². The summed E-state index contributed by atoms with van der Waals surface area (Å²) in [5.41, 5.74) is 6.66. The molecule has 37 heavy (non-hydrogen) atoms. The van der Waals surface area contributed by atoms with Crippen LogP contribution in [0.2, 0.25) is 5.02 Å². The maximum Gasteiger partial charge on any atom is 0.109 e. The quantitative estimate of drug-likeness (QED) is 0.168. The van der Waals surface area contributed by atoms with Crippen LogP contribution in [0.25, 0.3) is 54.9 Å². The van der Waals surface area contributed by atoms with Gasteiger partial charge in [-0.15, -0.1) is 0 Å². The van der Waals surface area contributed by atoms with Gasteiger partial charge >= 0.3 is 0 Å². The fourth-order valence-electron chi connectivity index (χ4n) is 5.10. The van der Waals surface area contributed by atoms with Gasteiger partial charge in [0.1, 0.15) is 7.14 Å². The van der Waals surface area contributed by atoms with Crippen LogP contribution in [0, 0.1) is 0 Å². The monoisotopic (exact) mass is 516 g/mol. The average molecular weight is 517 g/mol. The van der Waals surface area contributed by atoms with Crippen LogP contribution in [0.5, 0.6) is 0 Å². The lowest BCUT2D eigenvalue weighted by Gasteiger charge is -2.14. The van der Waals surface area contributed by atoms with Crippen molar-refractivity contribution in [3.8, 4) is 33.4 Å². The van der Waals surface area contributed by atoms with E-state index in [-0.39, 0.29) is 0 Å². The molecule has 0 heterocycles. The standard InChI is InChI=1S/C34H26ClOP/c1-37(2,36)30-16-14-23(15-17-30)24-9-7-10-25(18-24)27-19-28(21-29(35)20-27)34-22-26-8-3-4-11-31(26)32-12-5-6-13-33(32)34/h3-22H,1-2H3. The van der Waals surface area contributed by atoms with E-state index in [4.69, 9.17) is 11.6 Å². The largest absolute Gasteiger partial charge is 0.319 e. The second-order valence-electron chi connectivity index (χ2n) is 9.90. The molecule has 0 radical (unpaired) electrons. The van der Waals surface area contributed by atoms with Crippen molar-refractivity contribution in [2.24, 2.45) is 0 Å². The number of halogens is 1. The zero-order valence-corrected chi connectivity index (χ0v) is 22.4. The minimum absolute atomic E-state index is 0.709. The van der Waals surface area contributed by atoms with Gasteiger partial charge in [-0.2, -0.15) is 0 Å². The van der Waals surface area contributed by atoms with E-state index in [1.54, 1.807) is 13.3 Å². The molecule has 0 spiro atoms. The van der Waals surface area contributed by atoms with Crippen molar-refractivity contribution < 1.29 is 4.57 Å². The Labute approximate surface area is 222 Å². The van der Waals surface area contributed by atoms with Crippen LogP contribution < -0.4 is 5.30 Å². The molecule has 1 nitrogen and oxygen atoms in total. The first kappa shape index (κ1) is 23.7. The Morgan fingerprint density at radius 3 is 1.84 bits per heavy atom. The number of rotatable bonds is 4. The maximum atomic E-state index is 12.4. The Hall–Kier alpha value is -3.64. The molecule has 0 saturated carbocycles. The minimum atomic E-state index is -2.28. The number of hydrogen-bond acceptors (Lipinski definition) is 1. The molecule has 0 aliphatic heterocycles. The van der Waals surface area contributed by atoms with E-state index in [9.17, 15) is 4.57 Å². The lowest BCUT2D eigenvalue weighted by Crippen LogP contribution is -2.01. The molecule has 0 bridgehead atoms. The predicted molar refractivity (Wildman–Crippen MR) is 162 cm³/mol. The van der Waals surface area contributed by atoms with Gasteiger partial charge in [0.2, 0.25) is 0 Å². The summed E-state index contributed by atoms with van der Waals surface area (Å²) in [7, 11) is -2.28. The van der Waals surface area contributed by atoms with Gasteiger partial charge in [0.05, 0.1) is 0 Å². The zero-order valence-electron chi connectivity index (χ0n) is 20.8. The second-order valence-corrected chi connectivity index (χ2v) is 13.6. The Morgan fingerprint density at radius 2 is 1.11 bits per heavy atom. The van der Waals surface area contributed by atoms with Gasteiger partial charge < -0.3 is 4.57 Å². The van der Waals surface area contributed by atoms with Crippen molar-refractivity contribution in [1.82, 2.24) is 0 Å². The van der Waals surface area contributed by atoms with Gasteiger partial charge in [0.25, 0.3) is 0 Å². The summed E-state index contributed by atoms with van der Waals surface area (Å²) in [5, 5.41) is 6.53. The molecule has 3 heteroatoms. The van der Waals surface area contributed by atoms with Gasteiger partial charge in [0, 0.05) is 10.3 Å². The first-order chi connectivity index (χ1) is 17.9. The SMILES string of the molecule is CP(C)(=O)c1ccc(-c2cccc(-c3cc(Cl)cc(-c4cc5ccccc5c5ccccc45)c3)c2)cc1. The normalized spacial score (nSPS) is 11.8. The van der Waals surface area contributed by atoms with E-state index < -0.39 is 7.14 Å². The van der Waals surface area contributed by atoms with Crippen molar-refractivity contribution in [2.45, 2.75) is 0 Å². The van der Waals surface area contributed by atoms with E-state index >= 15 is 0 Å². The van der Waals surface area contributed by atoms with Crippen molar-refractivity contribution in [2.75, 3.05) is 13.3 Å². The topological polar surface area (TPSA) is 17.1 Å². The van der Waals surface area contributed by atoms with Gasteiger partial charge in [-0.25, -0.2) is 0 Å². The number of benzene rings is 6. The highest BCUT2D eigenvalue weighted by molar-refractivity contribution is 7.70. The molecule has 0 fully saturated rings. The predicted octanol–water partition coefficient (Wildman–Crippen LogP) is 9.90. The fraction of sp³-hybridized carbons (Fsp3) is 0.0588.